The van der Waals surface area contributed by atoms with Crippen molar-refractivity contribution in [1.82, 2.24) is 5.32 Å². The van der Waals surface area contributed by atoms with E-state index in [2.05, 4.69) is 5.32 Å². The van der Waals surface area contributed by atoms with Crippen molar-refractivity contribution in [3.05, 3.63) is 35.9 Å². The van der Waals surface area contributed by atoms with Crippen molar-refractivity contribution in [1.29, 1.82) is 0 Å². The molecule has 0 bridgehead atoms. The Morgan fingerprint density at radius 3 is 2.68 bits per heavy atom. The summed E-state index contributed by atoms with van der Waals surface area (Å²) in [6.45, 7) is 4.51. The second-order valence-corrected chi connectivity index (χ2v) is 4.26. The molecule has 0 saturated heterocycles. The molecular weight excluding hydrogens is 242 g/mol. The molecule has 104 valence electrons. The third-order valence-electron chi connectivity index (χ3n) is 2.57. The standard InChI is InChI=1S/C15H21NO3/c1-3-19-14-7-4-13(5-8-14)6-9-15(18)16-12(2)10-11-17/h4-9,12,17H,3,10-11H2,1-2H3,(H,16,18)/b9-6+/t12-/m1/s1. The van der Waals surface area contributed by atoms with E-state index in [1.165, 1.54) is 6.08 Å². The Morgan fingerprint density at radius 1 is 1.42 bits per heavy atom. The average molecular weight is 263 g/mol. The van der Waals surface area contributed by atoms with Crippen LogP contribution in [0.25, 0.3) is 6.08 Å². The van der Waals surface area contributed by atoms with Gasteiger partial charge in [0.15, 0.2) is 0 Å². The molecule has 4 nitrogen and oxygen atoms in total. The number of amides is 1. The lowest BCUT2D eigenvalue weighted by atomic mass is 10.2. The maximum atomic E-state index is 11.6. The molecule has 0 heterocycles. The first-order valence-electron chi connectivity index (χ1n) is 6.48. The van der Waals surface area contributed by atoms with Gasteiger partial charge in [0.05, 0.1) is 6.61 Å². The zero-order valence-corrected chi connectivity index (χ0v) is 11.4. The maximum absolute atomic E-state index is 11.6. The summed E-state index contributed by atoms with van der Waals surface area (Å²) in [6, 6.07) is 7.51. The molecule has 1 rings (SSSR count). The number of rotatable bonds is 7. The third kappa shape index (κ3) is 6.06. The minimum Gasteiger partial charge on any atom is -0.494 e. The number of hydrogen-bond acceptors (Lipinski definition) is 3. The first kappa shape index (κ1) is 15.2. The number of hydrogen-bond donors (Lipinski definition) is 2. The fourth-order valence-corrected chi connectivity index (χ4v) is 1.57. The number of carbonyl (C=O) groups excluding carboxylic acids is 1. The van der Waals surface area contributed by atoms with Crippen LogP contribution < -0.4 is 10.1 Å². The predicted octanol–water partition coefficient (Wildman–Crippen LogP) is 1.99. The van der Waals surface area contributed by atoms with Crippen LogP contribution in [0.3, 0.4) is 0 Å². The van der Waals surface area contributed by atoms with Crippen LogP contribution in [0.4, 0.5) is 0 Å². The lowest BCUT2D eigenvalue weighted by molar-refractivity contribution is -0.117. The Labute approximate surface area is 114 Å². The molecule has 19 heavy (non-hydrogen) atoms. The molecule has 0 aromatic heterocycles. The molecule has 1 aromatic rings. The molecule has 0 spiro atoms. The highest BCUT2D eigenvalue weighted by Crippen LogP contribution is 2.12. The maximum Gasteiger partial charge on any atom is 0.244 e. The van der Waals surface area contributed by atoms with Crippen molar-refractivity contribution in [3.63, 3.8) is 0 Å². The Balaban J connectivity index is 2.49. The van der Waals surface area contributed by atoms with E-state index in [1.54, 1.807) is 6.08 Å². The molecular formula is C15H21NO3. The van der Waals surface area contributed by atoms with Gasteiger partial charge in [0.2, 0.25) is 5.91 Å². The first-order valence-corrected chi connectivity index (χ1v) is 6.48. The van der Waals surface area contributed by atoms with Crippen LogP contribution >= 0.6 is 0 Å². The van der Waals surface area contributed by atoms with Crippen molar-refractivity contribution in [2.24, 2.45) is 0 Å². The van der Waals surface area contributed by atoms with E-state index in [4.69, 9.17) is 9.84 Å². The highest BCUT2D eigenvalue weighted by atomic mass is 16.5. The number of nitrogens with one attached hydrogen (secondary N) is 1. The molecule has 4 heteroatoms. The van der Waals surface area contributed by atoms with Gasteiger partial charge in [-0.05, 0) is 44.0 Å². The van der Waals surface area contributed by atoms with E-state index in [0.717, 1.165) is 11.3 Å². The molecule has 1 amide bonds. The molecule has 0 aliphatic heterocycles. The van der Waals surface area contributed by atoms with Crippen LogP contribution in [-0.4, -0.2) is 30.3 Å². The van der Waals surface area contributed by atoms with E-state index in [9.17, 15) is 4.79 Å². The Kier molecular flexibility index (Phi) is 6.68. The van der Waals surface area contributed by atoms with Crippen LogP contribution in [0.1, 0.15) is 25.8 Å². The van der Waals surface area contributed by atoms with E-state index >= 15 is 0 Å². The van der Waals surface area contributed by atoms with Crippen molar-refractivity contribution in [2.45, 2.75) is 26.3 Å². The highest BCUT2D eigenvalue weighted by molar-refractivity contribution is 5.91. The SMILES string of the molecule is CCOc1ccc(/C=C/C(=O)N[C@H](C)CCO)cc1. The molecule has 0 unspecified atom stereocenters. The quantitative estimate of drug-likeness (QED) is 0.740. The van der Waals surface area contributed by atoms with Crippen molar-refractivity contribution in [3.8, 4) is 5.75 Å². The van der Waals surface area contributed by atoms with Gasteiger partial charge in [-0.1, -0.05) is 12.1 Å². The van der Waals surface area contributed by atoms with Gasteiger partial charge < -0.3 is 15.2 Å². The first-order chi connectivity index (χ1) is 9.15. The Morgan fingerprint density at radius 2 is 2.11 bits per heavy atom. The smallest absolute Gasteiger partial charge is 0.244 e. The van der Waals surface area contributed by atoms with E-state index in [1.807, 2.05) is 38.1 Å². The number of ether oxygens (including phenoxy) is 1. The molecule has 0 fully saturated rings. The molecule has 1 atom stereocenters. The van der Waals surface area contributed by atoms with Gasteiger partial charge >= 0.3 is 0 Å². The van der Waals surface area contributed by atoms with Gasteiger partial charge in [0, 0.05) is 18.7 Å². The monoisotopic (exact) mass is 263 g/mol. The summed E-state index contributed by atoms with van der Waals surface area (Å²) in [4.78, 5) is 11.6. The van der Waals surface area contributed by atoms with Gasteiger partial charge in [0.25, 0.3) is 0 Å². The molecule has 2 N–H and O–H groups in total. The van der Waals surface area contributed by atoms with E-state index < -0.39 is 0 Å². The Bertz CT molecular complexity index is 412. The van der Waals surface area contributed by atoms with Crippen LogP contribution in [-0.2, 0) is 4.79 Å². The highest BCUT2D eigenvalue weighted by Gasteiger charge is 2.03. The van der Waals surface area contributed by atoms with Gasteiger partial charge in [-0.25, -0.2) is 0 Å². The molecule has 0 saturated carbocycles. The topological polar surface area (TPSA) is 58.6 Å². The van der Waals surface area contributed by atoms with Crippen molar-refractivity contribution >= 4 is 12.0 Å². The van der Waals surface area contributed by atoms with Crippen LogP contribution in [0.2, 0.25) is 0 Å². The number of aliphatic hydroxyl groups excluding tert-OH is 1. The lowest BCUT2D eigenvalue weighted by Gasteiger charge is -2.09. The van der Waals surface area contributed by atoms with E-state index in [0.29, 0.717) is 13.0 Å². The predicted molar refractivity (Wildman–Crippen MR) is 76.0 cm³/mol. The second-order valence-electron chi connectivity index (χ2n) is 4.26. The summed E-state index contributed by atoms with van der Waals surface area (Å²) in [5, 5.41) is 11.5. The number of benzene rings is 1. The number of aliphatic hydroxyl groups is 1. The van der Waals surface area contributed by atoms with Gasteiger partial charge in [-0.3, -0.25) is 4.79 Å². The number of carbonyl (C=O) groups is 1. The van der Waals surface area contributed by atoms with Gasteiger partial charge in [-0.2, -0.15) is 0 Å². The zero-order valence-electron chi connectivity index (χ0n) is 11.4. The van der Waals surface area contributed by atoms with Gasteiger partial charge in [-0.15, -0.1) is 0 Å². The van der Waals surface area contributed by atoms with E-state index in [-0.39, 0.29) is 18.6 Å². The molecule has 0 aliphatic rings. The summed E-state index contributed by atoms with van der Waals surface area (Å²) in [6.07, 6.45) is 3.79. The third-order valence-corrected chi connectivity index (χ3v) is 2.57. The molecule has 0 radical (unpaired) electrons. The summed E-state index contributed by atoms with van der Waals surface area (Å²) < 4.78 is 5.34. The molecule has 1 aromatic carbocycles. The molecule has 0 aliphatic carbocycles. The minimum absolute atomic E-state index is 0.0255. The van der Waals surface area contributed by atoms with Crippen molar-refractivity contribution < 1.29 is 14.6 Å². The lowest BCUT2D eigenvalue weighted by Crippen LogP contribution is -2.31. The summed E-state index contributed by atoms with van der Waals surface area (Å²) in [7, 11) is 0. The Hall–Kier alpha value is -1.81. The summed E-state index contributed by atoms with van der Waals surface area (Å²) in [5.74, 6) is 0.663. The average Bonchev–Trinajstić information content (AvgIpc) is 2.38. The largest absolute Gasteiger partial charge is 0.494 e. The fourth-order valence-electron chi connectivity index (χ4n) is 1.57. The normalized spacial score (nSPS) is 12.4. The minimum atomic E-state index is -0.158. The van der Waals surface area contributed by atoms with Gasteiger partial charge in [0.1, 0.15) is 5.75 Å². The van der Waals surface area contributed by atoms with Crippen molar-refractivity contribution in [2.75, 3.05) is 13.2 Å². The fraction of sp³-hybridized carbons (Fsp3) is 0.400. The summed E-state index contributed by atoms with van der Waals surface area (Å²) >= 11 is 0. The zero-order chi connectivity index (χ0) is 14.1. The summed E-state index contributed by atoms with van der Waals surface area (Å²) in [5.41, 5.74) is 0.938. The second kappa shape index (κ2) is 8.32. The van der Waals surface area contributed by atoms with Crippen LogP contribution in [0.15, 0.2) is 30.3 Å². The van der Waals surface area contributed by atoms with Crippen LogP contribution in [0, 0.1) is 0 Å². The van der Waals surface area contributed by atoms with Crippen LogP contribution in [0.5, 0.6) is 5.75 Å².